The van der Waals surface area contributed by atoms with E-state index >= 15 is 0 Å². The van der Waals surface area contributed by atoms with E-state index in [1.807, 2.05) is 0 Å². The molecule has 6 unspecified atom stereocenters. The van der Waals surface area contributed by atoms with Crippen molar-refractivity contribution < 1.29 is 44.2 Å². The Morgan fingerprint density at radius 1 is 0.524 bits per heavy atom. The van der Waals surface area contributed by atoms with Gasteiger partial charge in [0.05, 0.1) is 19.8 Å². The molecular formula is C54H90O9. The van der Waals surface area contributed by atoms with Gasteiger partial charge in [0.15, 0.2) is 6.29 Å². The van der Waals surface area contributed by atoms with Crippen LogP contribution >= 0.6 is 0 Å². The first-order valence-electron chi connectivity index (χ1n) is 24.8. The van der Waals surface area contributed by atoms with Crippen molar-refractivity contribution in [2.45, 2.75) is 211 Å². The predicted molar refractivity (Wildman–Crippen MR) is 260 cm³/mol. The lowest BCUT2D eigenvalue weighted by Gasteiger charge is -2.39. The van der Waals surface area contributed by atoms with Crippen LogP contribution in [0.1, 0.15) is 174 Å². The molecule has 63 heavy (non-hydrogen) atoms. The monoisotopic (exact) mass is 883 g/mol. The third kappa shape index (κ3) is 35.1. The Bertz CT molecular complexity index is 1280. The highest BCUT2D eigenvalue weighted by atomic mass is 16.7. The minimum Gasteiger partial charge on any atom is -0.457 e. The van der Waals surface area contributed by atoms with Crippen molar-refractivity contribution in [3.05, 3.63) is 97.2 Å². The fraction of sp³-hybridized carbons (Fsp3) is 0.685. The summed E-state index contributed by atoms with van der Waals surface area (Å²) in [6.45, 7) is 4.32. The molecule has 9 nitrogen and oxygen atoms in total. The van der Waals surface area contributed by atoms with Crippen LogP contribution in [0.2, 0.25) is 0 Å². The molecule has 6 atom stereocenters. The normalized spacial score (nSPS) is 20.5. The zero-order chi connectivity index (χ0) is 45.7. The maximum absolute atomic E-state index is 12.8. The summed E-state index contributed by atoms with van der Waals surface area (Å²) in [6, 6.07) is 0. The summed E-state index contributed by atoms with van der Waals surface area (Å²) in [5.74, 6) is -0.338. The average Bonchev–Trinajstić information content (AvgIpc) is 3.28. The van der Waals surface area contributed by atoms with Crippen molar-refractivity contribution in [1.29, 1.82) is 0 Å². The smallest absolute Gasteiger partial charge is 0.306 e. The number of rotatable bonds is 41. The molecular weight excluding hydrogens is 793 g/mol. The summed E-state index contributed by atoms with van der Waals surface area (Å²) in [7, 11) is 0. The number of carbonyl (C=O) groups is 1. The largest absolute Gasteiger partial charge is 0.457 e. The second-order valence-electron chi connectivity index (χ2n) is 16.5. The van der Waals surface area contributed by atoms with Crippen LogP contribution in [0.5, 0.6) is 0 Å². The molecule has 1 saturated heterocycles. The molecule has 4 N–H and O–H groups in total. The summed E-state index contributed by atoms with van der Waals surface area (Å²) >= 11 is 0. The zero-order valence-electron chi connectivity index (χ0n) is 39.5. The van der Waals surface area contributed by atoms with Crippen molar-refractivity contribution in [1.82, 2.24) is 0 Å². The number of allylic oxidation sites excluding steroid dienone is 16. The number of hydrogen-bond acceptors (Lipinski definition) is 9. The lowest BCUT2D eigenvalue weighted by Crippen LogP contribution is -2.59. The lowest BCUT2D eigenvalue weighted by molar-refractivity contribution is -0.305. The Balaban J connectivity index is 2.28. The van der Waals surface area contributed by atoms with E-state index in [1.165, 1.54) is 51.4 Å². The highest BCUT2D eigenvalue weighted by Gasteiger charge is 2.44. The molecule has 1 fully saturated rings. The summed E-state index contributed by atoms with van der Waals surface area (Å²) in [5.41, 5.74) is 0. The van der Waals surface area contributed by atoms with Gasteiger partial charge in [-0.1, -0.05) is 169 Å². The van der Waals surface area contributed by atoms with Crippen molar-refractivity contribution >= 4 is 5.97 Å². The SMILES string of the molecule is CC/C=C\C/C=C\C/C=C\C/C=C\C/C=C\C/C=C\CCCCCOCC(COC1OC(CO)C(O)C(O)C1O)OC(=O)CCCCCCCCC/C=C\C/C=C\CCCCCC. The molecule has 0 aliphatic carbocycles. The Kier molecular flexibility index (Phi) is 40.9. The number of unbranched alkanes of at least 4 members (excludes halogenated alkanes) is 14. The van der Waals surface area contributed by atoms with Crippen molar-refractivity contribution in [2.75, 3.05) is 26.4 Å². The van der Waals surface area contributed by atoms with E-state index in [0.717, 1.165) is 103 Å². The first-order chi connectivity index (χ1) is 30.9. The Hall–Kier alpha value is -2.89. The van der Waals surface area contributed by atoms with Gasteiger partial charge < -0.3 is 39.4 Å². The number of esters is 1. The summed E-state index contributed by atoms with van der Waals surface area (Å²) < 4.78 is 22.8. The Morgan fingerprint density at radius 2 is 0.968 bits per heavy atom. The van der Waals surface area contributed by atoms with Gasteiger partial charge in [-0.15, -0.1) is 0 Å². The van der Waals surface area contributed by atoms with Gasteiger partial charge in [0.2, 0.25) is 0 Å². The third-order valence-electron chi connectivity index (χ3n) is 10.7. The van der Waals surface area contributed by atoms with Gasteiger partial charge in [0.1, 0.15) is 30.5 Å². The van der Waals surface area contributed by atoms with Gasteiger partial charge in [-0.2, -0.15) is 0 Å². The van der Waals surface area contributed by atoms with Crippen LogP contribution < -0.4 is 0 Å². The zero-order valence-corrected chi connectivity index (χ0v) is 39.5. The quantitative estimate of drug-likeness (QED) is 0.0269. The van der Waals surface area contributed by atoms with Crippen LogP contribution in [0.4, 0.5) is 0 Å². The maximum atomic E-state index is 12.8. The van der Waals surface area contributed by atoms with Gasteiger partial charge in [-0.05, 0) is 96.3 Å². The Labute approximate surface area is 383 Å². The average molecular weight is 883 g/mol. The molecule has 0 amide bonds. The number of carbonyl (C=O) groups excluding carboxylic acids is 1. The molecule has 0 aromatic rings. The molecule has 0 aromatic heterocycles. The standard InChI is InChI=1S/C54H90O9/c1-3-5-7-9-11-13-15-17-19-21-23-24-25-26-28-30-32-34-36-38-40-42-44-60-46-48(47-61-54-53(59)52(58)51(57)49(45-55)63-54)62-50(56)43-41-39-37-35-33-31-29-27-22-20-18-16-14-12-10-8-6-4-2/h5,7,11,13-14,16-17,19-20,22-24,26,28,32,34,48-49,51-55,57-59H,3-4,6,8-10,12,15,18,21,25,27,29-31,33,35-47H2,1-2H3/b7-5-,13-11-,16-14-,19-17-,22-20-,24-23-,28-26-,34-32-. The molecule has 360 valence electrons. The van der Waals surface area contributed by atoms with Crippen molar-refractivity contribution in [3.63, 3.8) is 0 Å². The number of hydrogen-bond donors (Lipinski definition) is 4. The van der Waals surface area contributed by atoms with Crippen LogP contribution in [0.3, 0.4) is 0 Å². The maximum Gasteiger partial charge on any atom is 0.306 e. The predicted octanol–water partition coefficient (Wildman–Crippen LogP) is 12.0. The number of ether oxygens (including phenoxy) is 4. The van der Waals surface area contributed by atoms with Gasteiger partial charge in [-0.3, -0.25) is 4.79 Å². The molecule has 0 aromatic carbocycles. The molecule has 0 radical (unpaired) electrons. The molecule has 1 rings (SSSR count). The summed E-state index contributed by atoms with van der Waals surface area (Å²) in [4.78, 5) is 12.8. The van der Waals surface area contributed by atoms with E-state index in [0.29, 0.717) is 13.0 Å². The highest BCUT2D eigenvalue weighted by Crippen LogP contribution is 2.22. The van der Waals surface area contributed by atoms with Crippen LogP contribution in [-0.2, 0) is 23.7 Å². The number of aliphatic hydroxyl groups excluding tert-OH is 4. The van der Waals surface area contributed by atoms with Gasteiger partial charge in [-0.25, -0.2) is 0 Å². The van der Waals surface area contributed by atoms with E-state index in [9.17, 15) is 25.2 Å². The topological polar surface area (TPSA) is 135 Å². The molecule has 9 heteroatoms. The van der Waals surface area contributed by atoms with E-state index in [2.05, 4.69) is 111 Å². The first-order valence-corrected chi connectivity index (χ1v) is 24.8. The van der Waals surface area contributed by atoms with E-state index in [-0.39, 0.29) is 19.2 Å². The molecule has 1 aliphatic heterocycles. The lowest BCUT2D eigenvalue weighted by atomic mass is 9.99. The minimum atomic E-state index is -1.55. The second-order valence-corrected chi connectivity index (χ2v) is 16.5. The van der Waals surface area contributed by atoms with Gasteiger partial charge in [0, 0.05) is 13.0 Å². The fourth-order valence-electron chi connectivity index (χ4n) is 6.88. The molecule has 0 saturated carbocycles. The van der Waals surface area contributed by atoms with Crippen LogP contribution in [0, 0.1) is 0 Å². The highest BCUT2D eigenvalue weighted by molar-refractivity contribution is 5.69. The third-order valence-corrected chi connectivity index (χ3v) is 10.7. The van der Waals surface area contributed by atoms with Crippen LogP contribution in [0.25, 0.3) is 0 Å². The summed E-state index contributed by atoms with van der Waals surface area (Å²) in [6.07, 6.45) is 54.3. The van der Waals surface area contributed by atoms with E-state index in [4.69, 9.17) is 18.9 Å². The van der Waals surface area contributed by atoms with E-state index in [1.54, 1.807) is 0 Å². The molecule has 1 aliphatic rings. The minimum absolute atomic E-state index is 0.112. The van der Waals surface area contributed by atoms with Crippen molar-refractivity contribution in [2.24, 2.45) is 0 Å². The van der Waals surface area contributed by atoms with Gasteiger partial charge >= 0.3 is 5.97 Å². The number of aliphatic hydroxyl groups is 4. The van der Waals surface area contributed by atoms with Crippen LogP contribution in [0.15, 0.2) is 97.2 Å². The van der Waals surface area contributed by atoms with Gasteiger partial charge in [0.25, 0.3) is 0 Å². The first kappa shape index (κ1) is 58.1. The summed E-state index contributed by atoms with van der Waals surface area (Å²) in [5, 5.41) is 40.2. The molecule has 1 heterocycles. The second kappa shape index (κ2) is 44.3. The van der Waals surface area contributed by atoms with Crippen molar-refractivity contribution in [3.8, 4) is 0 Å². The molecule has 0 bridgehead atoms. The molecule has 0 spiro atoms. The van der Waals surface area contributed by atoms with Crippen LogP contribution in [-0.4, -0.2) is 89.6 Å². The van der Waals surface area contributed by atoms with E-state index < -0.39 is 43.4 Å². The Morgan fingerprint density at radius 3 is 1.46 bits per heavy atom. The fourth-order valence-corrected chi connectivity index (χ4v) is 6.88.